The molecule has 2 aromatic rings. The van der Waals surface area contributed by atoms with Gasteiger partial charge in [0.05, 0.1) is 6.54 Å². The molecule has 0 bridgehead atoms. The molecule has 0 unspecified atom stereocenters. The van der Waals surface area contributed by atoms with Gasteiger partial charge in [-0.05, 0) is 24.6 Å². The second kappa shape index (κ2) is 4.53. The fourth-order valence-corrected chi connectivity index (χ4v) is 1.47. The summed E-state index contributed by atoms with van der Waals surface area (Å²) in [6.45, 7) is 4.23. The van der Waals surface area contributed by atoms with E-state index in [1.54, 1.807) is 6.92 Å². The predicted octanol–water partition coefficient (Wildman–Crippen LogP) is 2.95. The van der Waals surface area contributed by atoms with Crippen LogP contribution in [0.4, 0.5) is 5.69 Å². The molecule has 0 radical (unpaired) electrons. The zero-order valence-corrected chi connectivity index (χ0v) is 9.88. The molecule has 1 aromatic carbocycles. The van der Waals surface area contributed by atoms with Crippen molar-refractivity contribution in [2.45, 2.75) is 20.4 Å². The van der Waals surface area contributed by atoms with Crippen molar-refractivity contribution in [1.82, 2.24) is 10.2 Å². The molecule has 4 nitrogen and oxygen atoms in total. The molecule has 16 heavy (non-hydrogen) atoms. The lowest BCUT2D eigenvalue weighted by Gasteiger charge is -2.05. The van der Waals surface area contributed by atoms with E-state index < -0.39 is 0 Å². The Labute approximate surface area is 98.6 Å². The summed E-state index contributed by atoms with van der Waals surface area (Å²) in [5.41, 5.74) is 1.99. The second-order valence-corrected chi connectivity index (χ2v) is 3.94. The number of rotatable bonds is 3. The van der Waals surface area contributed by atoms with Crippen molar-refractivity contribution in [3.8, 4) is 0 Å². The van der Waals surface area contributed by atoms with E-state index in [-0.39, 0.29) is 0 Å². The third kappa shape index (κ3) is 2.52. The van der Waals surface area contributed by atoms with Crippen LogP contribution < -0.4 is 5.32 Å². The van der Waals surface area contributed by atoms with Gasteiger partial charge in [0.1, 0.15) is 0 Å². The van der Waals surface area contributed by atoms with Crippen LogP contribution in [0.2, 0.25) is 5.02 Å². The van der Waals surface area contributed by atoms with Gasteiger partial charge in [0.15, 0.2) is 0 Å². The number of halogens is 1. The monoisotopic (exact) mass is 237 g/mol. The summed E-state index contributed by atoms with van der Waals surface area (Å²) in [6.07, 6.45) is 0. The molecule has 0 spiro atoms. The fourth-order valence-electron chi connectivity index (χ4n) is 1.29. The normalized spacial score (nSPS) is 10.4. The Hall–Kier alpha value is -1.55. The van der Waals surface area contributed by atoms with Crippen molar-refractivity contribution in [2.75, 3.05) is 5.32 Å². The highest BCUT2D eigenvalue weighted by atomic mass is 35.5. The molecule has 1 N–H and O–H groups in total. The van der Waals surface area contributed by atoms with E-state index in [1.807, 2.05) is 25.1 Å². The minimum absolute atomic E-state index is 0.500. The minimum Gasteiger partial charge on any atom is -0.424 e. The first kappa shape index (κ1) is 11.0. The van der Waals surface area contributed by atoms with Crippen molar-refractivity contribution in [2.24, 2.45) is 0 Å². The van der Waals surface area contributed by atoms with Gasteiger partial charge in [-0.25, -0.2) is 0 Å². The lowest BCUT2D eigenvalue weighted by atomic mass is 10.2. The average Bonchev–Trinajstić information content (AvgIpc) is 2.66. The van der Waals surface area contributed by atoms with Crippen LogP contribution in [0, 0.1) is 13.8 Å². The fraction of sp³-hybridized carbons (Fsp3) is 0.273. The number of benzene rings is 1. The summed E-state index contributed by atoms with van der Waals surface area (Å²) in [4.78, 5) is 0. The zero-order valence-electron chi connectivity index (χ0n) is 9.12. The summed E-state index contributed by atoms with van der Waals surface area (Å²) in [5.74, 6) is 1.13. The molecule has 1 heterocycles. The first-order valence-corrected chi connectivity index (χ1v) is 5.32. The van der Waals surface area contributed by atoms with Gasteiger partial charge in [0, 0.05) is 17.6 Å². The van der Waals surface area contributed by atoms with E-state index in [0.29, 0.717) is 18.3 Å². The molecule has 2 rings (SSSR count). The summed E-state index contributed by atoms with van der Waals surface area (Å²) in [7, 11) is 0. The topological polar surface area (TPSA) is 51.0 Å². The number of nitrogens with one attached hydrogen (secondary N) is 1. The molecule has 0 fully saturated rings. The SMILES string of the molecule is Cc1nnc(CNc2ccc(C)c(Cl)c2)o1. The quantitative estimate of drug-likeness (QED) is 0.892. The molecule has 0 atom stereocenters. The number of aromatic nitrogens is 2. The Morgan fingerprint density at radius 1 is 1.31 bits per heavy atom. The zero-order chi connectivity index (χ0) is 11.5. The molecular weight excluding hydrogens is 226 g/mol. The van der Waals surface area contributed by atoms with Crippen LogP contribution in [-0.2, 0) is 6.54 Å². The maximum Gasteiger partial charge on any atom is 0.235 e. The largest absolute Gasteiger partial charge is 0.424 e. The Balaban J connectivity index is 2.02. The van der Waals surface area contributed by atoms with Crippen molar-refractivity contribution >= 4 is 17.3 Å². The highest BCUT2D eigenvalue weighted by molar-refractivity contribution is 6.31. The summed E-state index contributed by atoms with van der Waals surface area (Å²) in [6, 6.07) is 5.80. The predicted molar refractivity (Wildman–Crippen MR) is 62.6 cm³/mol. The van der Waals surface area contributed by atoms with Crippen molar-refractivity contribution < 1.29 is 4.42 Å². The maximum absolute atomic E-state index is 6.01. The van der Waals surface area contributed by atoms with Crippen LogP contribution in [0.3, 0.4) is 0 Å². The van der Waals surface area contributed by atoms with Crippen molar-refractivity contribution in [1.29, 1.82) is 0 Å². The molecule has 0 saturated heterocycles. The molecule has 0 aliphatic heterocycles. The number of anilines is 1. The van der Waals surface area contributed by atoms with E-state index in [1.165, 1.54) is 0 Å². The third-order valence-corrected chi connectivity index (χ3v) is 2.59. The van der Waals surface area contributed by atoms with Crippen LogP contribution in [0.5, 0.6) is 0 Å². The van der Waals surface area contributed by atoms with E-state index in [0.717, 1.165) is 16.3 Å². The number of nitrogens with zero attached hydrogens (tertiary/aromatic N) is 2. The van der Waals surface area contributed by atoms with E-state index >= 15 is 0 Å². The van der Waals surface area contributed by atoms with E-state index in [4.69, 9.17) is 16.0 Å². The van der Waals surface area contributed by atoms with Crippen molar-refractivity contribution in [3.63, 3.8) is 0 Å². The van der Waals surface area contributed by atoms with Crippen LogP contribution >= 0.6 is 11.6 Å². The van der Waals surface area contributed by atoms with Gasteiger partial charge in [-0.15, -0.1) is 10.2 Å². The second-order valence-electron chi connectivity index (χ2n) is 3.53. The van der Waals surface area contributed by atoms with Gasteiger partial charge in [-0.2, -0.15) is 0 Å². The van der Waals surface area contributed by atoms with Gasteiger partial charge in [0.25, 0.3) is 0 Å². The lowest BCUT2D eigenvalue weighted by molar-refractivity contribution is 0.475. The number of hydrogen-bond donors (Lipinski definition) is 1. The summed E-state index contributed by atoms with van der Waals surface area (Å²) >= 11 is 6.01. The van der Waals surface area contributed by atoms with Crippen LogP contribution in [0.15, 0.2) is 22.6 Å². The van der Waals surface area contributed by atoms with E-state index in [9.17, 15) is 0 Å². The molecule has 1 aromatic heterocycles. The minimum atomic E-state index is 0.500. The van der Waals surface area contributed by atoms with Gasteiger partial charge < -0.3 is 9.73 Å². The highest BCUT2D eigenvalue weighted by Gasteiger charge is 2.02. The van der Waals surface area contributed by atoms with Crippen LogP contribution in [0.1, 0.15) is 17.3 Å². The Morgan fingerprint density at radius 3 is 2.75 bits per heavy atom. The van der Waals surface area contributed by atoms with Gasteiger partial charge in [-0.3, -0.25) is 0 Å². The average molecular weight is 238 g/mol. The molecular formula is C11H12ClN3O. The Morgan fingerprint density at radius 2 is 2.12 bits per heavy atom. The Kier molecular flexibility index (Phi) is 3.10. The highest BCUT2D eigenvalue weighted by Crippen LogP contribution is 2.20. The third-order valence-electron chi connectivity index (χ3n) is 2.18. The van der Waals surface area contributed by atoms with Crippen LogP contribution in [0.25, 0.3) is 0 Å². The molecule has 0 aliphatic rings. The van der Waals surface area contributed by atoms with E-state index in [2.05, 4.69) is 15.5 Å². The lowest BCUT2D eigenvalue weighted by Crippen LogP contribution is -1.99. The summed E-state index contributed by atoms with van der Waals surface area (Å²) < 4.78 is 5.24. The van der Waals surface area contributed by atoms with Crippen molar-refractivity contribution in [3.05, 3.63) is 40.6 Å². The van der Waals surface area contributed by atoms with Gasteiger partial charge in [-0.1, -0.05) is 17.7 Å². The number of hydrogen-bond acceptors (Lipinski definition) is 4. The molecule has 0 amide bonds. The standard InChI is InChI=1S/C11H12ClN3O/c1-7-3-4-9(5-10(7)12)13-6-11-15-14-8(2)16-11/h3-5,13H,6H2,1-2H3. The van der Waals surface area contributed by atoms with Gasteiger partial charge >= 0.3 is 0 Å². The van der Waals surface area contributed by atoms with Gasteiger partial charge in [0.2, 0.25) is 11.8 Å². The molecule has 5 heteroatoms. The first-order chi connectivity index (χ1) is 7.65. The summed E-state index contributed by atoms with van der Waals surface area (Å²) in [5, 5.41) is 11.5. The molecule has 84 valence electrons. The first-order valence-electron chi connectivity index (χ1n) is 4.94. The molecule has 0 aliphatic carbocycles. The molecule has 0 saturated carbocycles. The maximum atomic E-state index is 6.01. The van der Waals surface area contributed by atoms with Crippen LogP contribution in [-0.4, -0.2) is 10.2 Å². The Bertz CT molecular complexity index is 496. The number of aryl methyl sites for hydroxylation is 2. The smallest absolute Gasteiger partial charge is 0.235 e.